The van der Waals surface area contributed by atoms with Crippen LogP contribution in [0.2, 0.25) is 0 Å². The first kappa shape index (κ1) is 13.8. The van der Waals surface area contributed by atoms with Crippen molar-refractivity contribution >= 4 is 5.91 Å². The molecule has 2 atom stereocenters. The van der Waals surface area contributed by atoms with Crippen molar-refractivity contribution in [2.75, 3.05) is 32.9 Å². The summed E-state index contributed by atoms with van der Waals surface area (Å²) in [5, 5.41) is 9.04. The summed E-state index contributed by atoms with van der Waals surface area (Å²) < 4.78 is 11.0. The first-order valence-electron chi connectivity index (χ1n) is 6.91. The number of aliphatic hydroxyl groups excluding tert-OH is 1. The molecule has 2 aliphatic rings. The molecule has 2 saturated heterocycles. The maximum atomic E-state index is 12.0. The van der Waals surface area contributed by atoms with E-state index in [-0.39, 0.29) is 24.7 Å². The average Bonchev–Trinajstić information content (AvgIpc) is 2.46. The van der Waals surface area contributed by atoms with Crippen molar-refractivity contribution < 1.29 is 19.4 Å². The van der Waals surface area contributed by atoms with Gasteiger partial charge in [0.15, 0.2) is 0 Å². The number of amides is 1. The van der Waals surface area contributed by atoms with Gasteiger partial charge in [0.2, 0.25) is 5.91 Å². The van der Waals surface area contributed by atoms with Crippen molar-refractivity contribution in [3.05, 3.63) is 0 Å². The van der Waals surface area contributed by atoms with Crippen LogP contribution in [0.3, 0.4) is 0 Å². The van der Waals surface area contributed by atoms with Gasteiger partial charge in [-0.3, -0.25) is 4.79 Å². The average molecular weight is 257 g/mol. The SMILES string of the molecule is O=C(CCC1CCCCO1)N1CCOC(CO)C1. The first-order valence-corrected chi connectivity index (χ1v) is 6.91. The summed E-state index contributed by atoms with van der Waals surface area (Å²) in [5.74, 6) is 0.158. The maximum Gasteiger partial charge on any atom is 0.222 e. The molecule has 2 fully saturated rings. The van der Waals surface area contributed by atoms with E-state index in [1.165, 1.54) is 6.42 Å². The quantitative estimate of drug-likeness (QED) is 0.799. The smallest absolute Gasteiger partial charge is 0.222 e. The molecule has 2 rings (SSSR count). The Balaban J connectivity index is 1.70. The van der Waals surface area contributed by atoms with E-state index in [4.69, 9.17) is 14.6 Å². The van der Waals surface area contributed by atoms with E-state index in [0.717, 1.165) is 25.9 Å². The Morgan fingerprint density at radius 2 is 2.06 bits per heavy atom. The molecule has 18 heavy (non-hydrogen) atoms. The van der Waals surface area contributed by atoms with Gasteiger partial charge in [-0.25, -0.2) is 0 Å². The van der Waals surface area contributed by atoms with Crippen molar-refractivity contribution in [1.82, 2.24) is 4.90 Å². The van der Waals surface area contributed by atoms with Crippen LogP contribution in [0.15, 0.2) is 0 Å². The number of nitrogens with zero attached hydrogens (tertiary/aromatic N) is 1. The molecule has 0 bridgehead atoms. The van der Waals surface area contributed by atoms with Crippen LogP contribution in [0.5, 0.6) is 0 Å². The number of carbonyl (C=O) groups excluding carboxylic acids is 1. The molecule has 104 valence electrons. The van der Waals surface area contributed by atoms with Crippen LogP contribution in [-0.4, -0.2) is 61.0 Å². The zero-order chi connectivity index (χ0) is 12.8. The molecule has 1 N–H and O–H groups in total. The third-order valence-corrected chi connectivity index (χ3v) is 3.65. The lowest BCUT2D eigenvalue weighted by Crippen LogP contribution is -2.47. The van der Waals surface area contributed by atoms with E-state index in [9.17, 15) is 4.79 Å². The molecule has 2 aliphatic heterocycles. The van der Waals surface area contributed by atoms with E-state index in [1.807, 2.05) is 0 Å². The number of ether oxygens (including phenoxy) is 2. The van der Waals surface area contributed by atoms with Gasteiger partial charge in [0.05, 0.1) is 25.4 Å². The molecule has 0 aliphatic carbocycles. The normalized spacial score (nSPS) is 29.3. The number of aliphatic hydroxyl groups is 1. The summed E-state index contributed by atoms with van der Waals surface area (Å²) in [7, 11) is 0. The zero-order valence-electron chi connectivity index (χ0n) is 10.8. The second-order valence-corrected chi connectivity index (χ2v) is 5.04. The fourth-order valence-corrected chi connectivity index (χ4v) is 2.53. The van der Waals surface area contributed by atoms with Crippen LogP contribution in [0, 0.1) is 0 Å². The Morgan fingerprint density at radius 1 is 1.22 bits per heavy atom. The van der Waals surface area contributed by atoms with Gasteiger partial charge in [0, 0.05) is 26.1 Å². The molecule has 5 heteroatoms. The van der Waals surface area contributed by atoms with Crippen LogP contribution in [0.1, 0.15) is 32.1 Å². The van der Waals surface area contributed by atoms with Gasteiger partial charge in [-0.15, -0.1) is 0 Å². The van der Waals surface area contributed by atoms with E-state index in [2.05, 4.69) is 0 Å². The van der Waals surface area contributed by atoms with E-state index in [0.29, 0.717) is 26.1 Å². The number of carbonyl (C=O) groups is 1. The molecule has 0 aromatic carbocycles. The Bertz CT molecular complexity index is 266. The number of morpholine rings is 1. The molecule has 0 aromatic heterocycles. The molecule has 0 spiro atoms. The van der Waals surface area contributed by atoms with Crippen LogP contribution in [0.4, 0.5) is 0 Å². The molecule has 0 saturated carbocycles. The van der Waals surface area contributed by atoms with E-state index < -0.39 is 0 Å². The summed E-state index contributed by atoms with van der Waals surface area (Å²) >= 11 is 0. The Hall–Kier alpha value is -0.650. The van der Waals surface area contributed by atoms with Gasteiger partial charge < -0.3 is 19.5 Å². The van der Waals surface area contributed by atoms with Crippen LogP contribution >= 0.6 is 0 Å². The highest BCUT2D eigenvalue weighted by atomic mass is 16.5. The second-order valence-electron chi connectivity index (χ2n) is 5.04. The lowest BCUT2D eigenvalue weighted by molar-refractivity contribution is -0.141. The highest BCUT2D eigenvalue weighted by Crippen LogP contribution is 2.18. The Labute approximate surface area is 108 Å². The number of hydrogen-bond donors (Lipinski definition) is 1. The molecule has 0 radical (unpaired) electrons. The van der Waals surface area contributed by atoms with Crippen molar-refractivity contribution in [3.63, 3.8) is 0 Å². The number of hydrogen-bond acceptors (Lipinski definition) is 4. The third kappa shape index (κ3) is 3.93. The minimum Gasteiger partial charge on any atom is -0.394 e. The van der Waals surface area contributed by atoms with E-state index in [1.54, 1.807) is 4.90 Å². The highest BCUT2D eigenvalue weighted by molar-refractivity contribution is 5.76. The molecule has 2 unspecified atom stereocenters. The minimum atomic E-state index is -0.214. The summed E-state index contributed by atoms with van der Waals surface area (Å²) in [6, 6.07) is 0. The molecular weight excluding hydrogens is 234 g/mol. The van der Waals surface area contributed by atoms with Gasteiger partial charge in [0.25, 0.3) is 0 Å². The summed E-state index contributed by atoms with van der Waals surface area (Å²) in [4.78, 5) is 13.8. The second kappa shape index (κ2) is 7.07. The van der Waals surface area contributed by atoms with Crippen LogP contribution in [0.25, 0.3) is 0 Å². The van der Waals surface area contributed by atoms with Crippen molar-refractivity contribution in [1.29, 1.82) is 0 Å². The molecule has 5 nitrogen and oxygen atoms in total. The Kier molecular flexibility index (Phi) is 5.41. The minimum absolute atomic E-state index is 0.0183. The summed E-state index contributed by atoms with van der Waals surface area (Å²) in [6.45, 7) is 2.50. The zero-order valence-corrected chi connectivity index (χ0v) is 10.8. The van der Waals surface area contributed by atoms with Gasteiger partial charge in [0.1, 0.15) is 0 Å². The predicted octanol–water partition coefficient (Wildman–Crippen LogP) is 0.555. The first-order chi connectivity index (χ1) is 8.79. The molecule has 1 amide bonds. The third-order valence-electron chi connectivity index (χ3n) is 3.65. The highest BCUT2D eigenvalue weighted by Gasteiger charge is 2.24. The van der Waals surface area contributed by atoms with E-state index >= 15 is 0 Å². The van der Waals surface area contributed by atoms with Gasteiger partial charge >= 0.3 is 0 Å². The predicted molar refractivity (Wildman–Crippen MR) is 66.2 cm³/mol. The fraction of sp³-hybridized carbons (Fsp3) is 0.923. The van der Waals surface area contributed by atoms with Crippen LogP contribution in [-0.2, 0) is 14.3 Å². The van der Waals surface area contributed by atoms with Gasteiger partial charge in [-0.1, -0.05) is 0 Å². The fourth-order valence-electron chi connectivity index (χ4n) is 2.53. The maximum absolute atomic E-state index is 12.0. The summed E-state index contributed by atoms with van der Waals surface area (Å²) in [6.07, 6.45) is 4.85. The largest absolute Gasteiger partial charge is 0.394 e. The van der Waals surface area contributed by atoms with Crippen molar-refractivity contribution in [3.8, 4) is 0 Å². The van der Waals surface area contributed by atoms with Crippen molar-refractivity contribution in [2.45, 2.75) is 44.3 Å². The lowest BCUT2D eigenvalue weighted by Gasteiger charge is -2.32. The number of rotatable bonds is 4. The monoisotopic (exact) mass is 257 g/mol. The summed E-state index contributed by atoms with van der Waals surface area (Å²) in [5.41, 5.74) is 0. The topological polar surface area (TPSA) is 59.0 Å². The molecule has 2 heterocycles. The van der Waals surface area contributed by atoms with Gasteiger partial charge in [-0.2, -0.15) is 0 Å². The Morgan fingerprint density at radius 3 is 2.78 bits per heavy atom. The molecular formula is C13H23NO4. The molecule has 0 aromatic rings. The van der Waals surface area contributed by atoms with Crippen molar-refractivity contribution in [2.24, 2.45) is 0 Å². The van der Waals surface area contributed by atoms with Crippen LogP contribution < -0.4 is 0 Å². The van der Waals surface area contributed by atoms with Gasteiger partial charge in [-0.05, 0) is 25.7 Å². The lowest BCUT2D eigenvalue weighted by atomic mass is 10.0. The standard InChI is InChI=1S/C13H23NO4/c15-10-12-9-14(6-8-18-12)13(16)5-4-11-3-1-2-7-17-11/h11-12,15H,1-10H2.